The Hall–Kier alpha value is -1.36. The van der Waals surface area contributed by atoms with Crippen LogP contribution in [0.4, 0.5) is 0 Å². The second-order valence-corrected chi connectivity index (χ2v) is 6.36. The number of ether oxygens (including phenoxy) is 1. The highest BCUT2D eigenvalue weighted by Crippen LogP contribution is 2.20. The molecule has 0 spiro atoms. The predicted molar refractivity (Wildman–Crippen MR) is 88.2 cm³/mol. The second-order valence-electron chi connectivity index (χ2n) is 5.38. The van der Waals surface area contributed by atoms with Crippen LogP contribution in [0.5, 0.6) is 5.75 Å². The normalized spacial score (nSPS) is 13.9. The molecule has 2 rings (SSSR count). The molecule has 0 saturated carbocycles. The molecule has 21 heavy (non-hydrogen) atoms. The summed E-state index contributed by atoms with van der Waals surface area (Å²) in [5.41, 5.74) is 2.25. The van der Waals surface area contributed by atoms with Gasteiger partial charge in [-0.05, 0) is 49.4 Å². The van der Waals surface area contributed by atoms with Crippen molar-refractivity contribution >= 4 is 11.3 Å². The average Bonchev–Trinajstić information content (AvgIpc) is 3.00. The van der Waals surface area contributed by atoms with Crippen LogP contribution in [0.15, 0.2) is 35.7 Å². The van der Waals surface area contributed by atoms with Crippen molar-refractivity contribution in [3.63, 3.8) is 0 Å². The highest BCUT2D eigenvalue weighted by molar-refractivity contribution is 7.10. The Morgan fingerprint density at radius 2 is 2.10 bits per heavy atom. The Bertz CT molecular complexity index is 554. The molecule has 2 atom stereocenters. The third-order valence-corrected chi connectivity index (χ3v) is 4.46. The van der Waals surface area contributed by atoms with Gasteiger partial charge in [-0.2, -0.15) is 0 Å². The predicted octanol–water partition coefficient (Wildman–Crippen LogP) is 3.46. The van der Waals surface area contributed by atoms with Crippen molar-refractivity contribution in [2.75, 3.05) is 13.2 Å². The van der Waals surface area contributed by atoms with Crippen LogP contribution in [-0.2, 0) is 0 Å². The second kappa shape index (κ2) is 7.59. The number of aliphatic hydroxyl groups excluding tert-OH is 1. The molecule has 2 aromatic rings. The number of nitrogens with one attached hydrogen (secondary N) is 1. The number of aliphatic hydroxyl groups is 1. The number of hydrogen-bond acceptors (Lipinski definition) is 4. The molecule has 2 N–H and O–H groups in total. The maximum absolute atomic E-state index is 10.0. The first-order valence-electron chi connectivity index (χ1n) is 7.21. The summed E-state index contributed by atoms with van der Waals surface area (Å²) in [5, 5.41) is 15.4. The van der Waals surface area contributed by atoms with Crippen molar-refractivity contribution in [2.24, 2.45) is 0 Å². The van der Waals surface area contributed by atoms with Crippen LogP contribution in [0.3, 0.4) is 0 Å². The lowest BCUT2D eigenvalue weighted by Gasteiger charge is -2.17. The number of thiophene rings is 1. The number of benzene rings is 1. The van der Waals surface area contributed by atoms with Crippen LogP contribution >= 0.6 is 11.3 Å². The van der Waals surface area contributed by atoms with E-state index in [-0.39, 0.29) is 6.04 Å². The SMILES string of the molecule is Cc1ccc(C)c(OCC(O)CNC(C)c2cccs2)c1. The lowest BCUT2D eigenvalue weighted by Crippen LogP contribution is -2.32. The first kappa shape index (κ1) is 16.0. The Morgan fingerprint density at radius 3 is 2.81 bits per heavy atom. The summed E-state index contributed by atoms with van der Waals surface area (Å²) in [5.74, 6) is 0.848. The molecule has 0 aliphatic heterocycles. The molecule has 2 unspecified atom stereocenters. The molecule has 1 aromatic carbocycles. The van der Waals surface area contributed by atoms with Crippen LogP contribution in [-0.4, -0.2) is 24.4 Å². The molecule has 0 bridgehead atoms. The molecule has 3 nitrogen and oxygen atoms in total. The quantitative estimate of drug-likeness (QED) is 0.823. The Labute approximate surface area is 130 Å². The zero-order chi connectivity index (χ0) is 15.2. The minimum Gasteiger partial charge on any atom is -0.491 e. The van der Waals surface area contributed by atoms with E-state index in [4.69, 9.17) is 4.74 Å². The van der Waals surface area contributed by atoms with Gasteiger partial charge in [-0.3, -0.25) is 0 Å². The van der Waals surface area contributed by atoms with E-state index in [1.54, 1.807) is 11.3 Å². The third-order valence-electron chi connectivity index (χ3n) is 3.40. The summed E-state index contributed by atoms with van der Waals surface area (Å²) in [7, 11) is 0. The van der Waals surface area contributed by atoms with Gasteiger partial charge < -0.3 is 15.2 Å². The summed E-state index contributed by atoms with van der Waals surface area (Å²) < 4.78 is 5.72. The maximum atomic E-state index is 10.0. The van der Waals surface area contributed by atoms with Gasteiger partial charge in [0.15, 0.2) is 0 Å². The summed E-state index contributed by atoms with van der Waals surface area (Å²) in [6.07, 6.45) is -0.521. The number of rotatable bonds is 7. The van der Waals surface area contributed by atoms with E-state index in [9.17, 15) is 5.11 Å². The van der Waals surface area contributed by atoms with Crippen molar-refractivity contribution in [3.8, 4) is 5.75 Å². The molecule has 114 valence electrons. The highest BCUT2D eigenvalue weighted by atomic mass is 32.1. The minimum absolute atomic E-state index is 0.250. The highest BCUT2D eigenvalue weighted by Gasteiger charge is 2.10. The van der Waals surface area contributed by atoms with Crippen molar-refractivity contribution in [1.82, 2.24) is 5.32 Å². The van der Waals surface area contributed by atoms with Crippen LogP contribution in [0, 0.1) is 13.8 Å². The van der Waals surface area contributed by atoms with Gasteiger partial charge in [0.1, 0.15) is 18.5 Å². The first-order chi connectivity index (χ1) is 10.1. The van der Waals surface area contributed by atoms with Crippen LogP contribution in [0.2, 0.25) is 0 Å². The zero-order valence-corrected chi connectivity index (χ0v) is 13.6. The van der Waals surface area contributed by atoms with Gasteiger partial charge in [0.2, 0.25) is 0 Å². The smallest absolute Gasteiger partial charge is 0.122 e. The van der Waals surface area contributed by atoms with Crippen LogP contribution < -0.4 is 10.1 Å². The van der Waals surface area contributed by atoms with E-state index in [1.165, 1.54) is 4.88 Å². The van der Waals surface area contributed by atoms with E-state index in [2.05, 4.69) is 29.8 Å². The molecule has 0 amide bonds. The Kier molecular flexibility index (Phi) is 5.79. The third kappa shape index (κ3) is 4.84. The van der Waals surface area contributed by atoms with E-state index in [1.807, 2.05) is 32.0 Å². The summed E-state index contributed by atoms with van der Waals surface area (Å²) in [4.78, 5) is 1.28. The molecule has 1 aromatic heterocycles. The zero-order valence-electron chi connectivity index (χ0n) is 12.8. The van der Waals surface area contributed by atoms with Crippen molar-refractivity contribution in [3.05, 3.63) is 51.7 Å². The van der Waals surface area contributed by atoms with Gasteiger partial charge in [-0.15, -0.1) is 11.3 Å². The summed E-state index contributed by atoms with van der Waals surface area (Å²) >= 11 is 1.72. The van der Waals surface area contributed by atoms with Crippen LogP contribution in [0.1, 0.15) is 29.0 Å². The molecule has 0 aliphatic carbocycles. The average molecular weight is 305 g/mol. The van der Waals surface area contributed by atoms with Gasteiger partial charge in [0.05, 0.1) is 0 Å². The van der Waals surface area contributed by atoms with Gasteiger partial charge >= 0.3 is 0 Å². The summed E-state index contributed by atoms with van der Waals surface area (Å²) in [6, 6.07) is 10.5. The van der Waals surface area contributed by atoms with Gasteiger partial charge in [0.25, 0.3) is 0 Å². The van der Waals surface area contributed by atoms with E-state index >= 15 is 0 Å². The molecule has 0 saturated heterocycles. The fraction of sp³-hybridized carbons (Fsp3) is 0.412. The lowest BCUT2D eigenvalue weighted by atomic mass is 10.1. The molecule has 4 heteroatoms. The molecular weight excluding hydrogens is 282 g/mol. The standard InChI is InChI=1S/C17H23NO2S/c1-12-6-7-13(2)16(9-12)20-11-15(19)10-18-14(3)17-5-4-8-21-17/h4-9,14-15,18-19H,10-11H2,1-3H3. The molecular formula is C17H23NO2S. The van der Waals surface area contributed by atoms with E-state index in [0.717, 1.165) is 16.9 Å². The fourth-order valence-corrected chi connectivity index (χ4v) is 2.82. The number of hydrogen-bond donors (Lipinski definition) is 2. The van der Waals surface area contributed by atoms with E-state index in [0.29, 0.717) is 13.2 Å². The first-order valence-corrected chi connectivity index (χ1v) is 8.09. The van der Waals surface area contributed by atoms with Gasteiger partial charge in [-0.25, -0.2) is 0 Å². The van der Waals surface area contributed by atoms with Gasteiger partial charge in [0, 0.05) is 17.5 Å². The minimum atomic E-state index is -0.521. The van der Waals surface area contributed by atoms with Crippen molar-refractivity contribution in [2.45, 2.75) is 32.9 Å². The van der Waals surface area contributed by atoms with Gasteiger partial charge in [-0.1, -0.05) is 18.2 Å². The summed E-state index contributed by atoms with van der Waals surface area (Å²) in [6.45, 7) is 6.97. The molecule has 0 fully saturated rings. The molecule has 1 heterocycles. The monoisotopic (exact) mass is 305 g/mol. The van der Waals surface area contributed by atoms with Crippen molar-refractivity contribution < 1.29 is 9.84 Å². The largest absolute Gasteiger partial charge is 0.491 e. The Morgan fingerprint density at radius 1 is 1.29 bits per heavy atom. The topological polar surface area (TPSA) is 41.5 Å². The fourth-order valence-electron chi connectivity index (χ4n) is 2.06. The number of aryl methyl sites for hydroxylation is 2. The maximum Gasteiger partial charge on any atom is 0.122 e. The van der Waals surface area contributed by atoms with Crippen molar-refractivity contribution in [1.29, 1.82) is 0 Å². The molecule has 0 aliphatic rings. The Balaban J connectivity index is 1.77. The molecule has 0 radical (unpaired) electrons. The lowest BCUT2D eigenvalue weighted by molar-refractivity contribution is 0.104. The van der Waals surface area contributed by atoms with E-state index < -0.39 is 6.10 Å². The van der Waals surface area contributed by atoms with Crippen LogP contribution in [0.25, 0.3) is 0 Å².